The van der Waals surface area contributed by atoms with Gasteiger partial charge in [0.2, 0.25) is 0 Å². The van der Waals surface area contributed by atoms with Gasteiger partial charge < -0.3 is 0 Å². The van der Waals surface area contributed by atoms with Crippen molar-refractivity contribution in [2.75, 3.05) is 0 Å². The number of halogens is 3. The average Bonchev–Trinajstić information content (AvgIpc) is 2.28. The molecule has 18 heavy (non-hydrogen) atoms. The largest absolute Gasteiger partial charge is 0.233 e. The van der Waals surface area contributed by atoms with Gasteiger partial charge in [-0.25, -0.2) is 9.97 Å². The Morgan fingerprint density at radius 2 is 1.94 bits per heavy atom. The molecule has 0 aliphatic rings. The molecule has 0 N–H and O–H groups in total. The average molecular weight is 346 g/mol. The molecular weight excluding hydrogens is 335 g/mol. The first-order valence-electron chi connectivity index (χ1n) is 5.59. The maximum absolute atomic E-state index is 6.19. The molecule has 5 heteroatoms. The number of hydrogen-bond donors (Lipinski definition) is 0. The summed E-state index contributed by atoms with van der Waals surface area (Å²) < 4.78 is 0.923. The van der Waals surface area contributed by atoms with E-state index in [4.69, 9.17) is 23.2 Å². The van der Waals surface area contributed by atoms with Crippen LogP contribution < -0.4 is 0 Å². The number of rotatable bonds is 3. The molecule has 2 aromatic rings. The van der Waals surface area contributed by atoms with Gasteiger partial charge in [0, 0.05) is 15.7 Å². The van der Waals surface area contributed by atoms with Crippen molar-refractivity contribution < 1.29 is 0 Å². The van der Waals surface area contributed by atoms with Gasteiger partial charge in [-0.15, -0.1) is 0 Å². The van der Waals surface area contributed by atoms with Crippen molar-refractivity contribution in [3.05, 3.63) is 44.6 Å². The molecule has 1 aromatic carbocycles. The summed E-state index contributed by atoms with van der Waals surface area (Å²) in [6.45, 7) is 2.10. The maximum atomic E-state index is 6.19. The highest BCUT2D eigenvalue weighted by Gasteiger charge is 2.09. The molecule has 0 saturated heterocycles. The molecule has 0 aliphatic heterocycles. The summed E-state index contributed by atoms with van der Waals surface area (Å²) in [6.07, 6.45) is 1.89. The van der Waals surface area contributed by atoms with Crippen molar-refractivity contribution in [3.63, 3.8) is 0 Å². The zero-order chi connectivity index (χ0) is 13.1. The Kier molecular flexibility index (Phi) is 4.60. The van der Waals surface area contributed by atoms with Gasteiger partial charge in [-0.05, 0) is 30.7 Å². The number of nitrogens with zero attached hydrogens (tertiary/aromatic N) is 2. The molecule has 0 aliphatic carbocycles. The molecule has 94 valence electrons. The van der Waals surface area contributed by atoms with Gasteiger partial charge in [-0.3, -0.25) is 0 Å². The Hall–Kier alpha value is -0.640. The minimum absolute atomic E-state index is 0.447. The van der Waals surface area contributed by atoms with E-state index in [2.05, 4.69) is 32.8 Å². The Balaban J connectivity index is 2.49. The Bertz CT molecular complexity index is 573. The van der Waals surface area contributed by atoms with E-state index in [1.165, 1.54) is 0 Å². The molecule has 0 radical (unpaired) electrons. The molecule has 0 atom stereocenters. The first-order valence-corrected chi connectivity index (χ1v) is 7.14. The number of hydrogen-bond acceptors (Lipinski definition) is 2. The third kappa shape index (κ3) is 3.22. The first-order chi connectivity index (χ1) is 8.60. The van der Waals surface area contributed by atoms with Crippen LogP contribution in [0.4, 0.5) is 0 Å². The second-order valence-corrected chi connectivity index (χ2v) is 5.59. The standard InChI is InChI=1S/C13H11BrCl2N2/c1-2-3-9-7-12(16)18-13(17-9)10-5-4-8(14)6-11(10)15/h4-7H,2-3H2,1H3. The third-order valence-corrected chi connectivity index (χ3v) is 3.43. The van der Waals surface area contributed by atoms with Crippen LogP contribution in [0.1, 0.15) is 19.0 Å². The van der Waals surface area contributed by atoms with Crippen LogP contribution in [0.15, 0.2) is 28.7 Å². The minimum atomic E-state index is 0.447. The highest BCUT2D eigenvalue weighted by atomic mass is 79.9. The topological polar surface area (TPSA) is 25.8 Å². The molecule has 0 fully saturated rings. The van der Waals surface area contributed by atoms with Crippen LogP contribution in [0.5, 0.6) is 0 Å². The predicted molar refractivity (Wildman–Crippen MR) is 79.2 cm³/mol. The Morgan fingerprint density at radius 1 is 1.17 bits per heavy atom. The normalized spacial score (nSPS) is 10.7. The summed E-state index contributed by atoms with van der Waals surface area (Å²) in [7, 11) is 0. The molecular formula is C13H11BrCl2N2. The van der Waals surface area contributed by atoms with E-state index in [0.29, 0.717) is 16.0 Å². The van der Waals surface area contributed by atoms with Crippen LogP contribution in [0.25, 0.3) is 11.4 Å². The molecule has 1 aromatic heterocycles. The number of aromatic nitrogens is 2. The monoisotopic (exact) mass is 344 g/mol. The van der Waals surface area contributed by atoms with Crippen molar-refractivity contribution in [1.29, 1.82) is 0 Å². The van der Waals surface area contributed by atoms with Gasteiger partial charge in [-0.2, -0.15) is 0 Å². The second kappa shape index (κ2) is 6.00. The SMILES string of the molecule is CCCc1cc(Cl)nc(-c2ccc(Br)cc2Cl)n1. The summed E-state index contributed by atoms with van der Waals surface area (Å²) in [6, 6.07) is 7.40. The van der Waals surface area contributed by atoms with Crippen LogP contribution in [0.2, 0.25) is 10.2 Å². The van der Waals surface area contributed by atoms with E-state index in [9.17, 15) is 0 Å². The van der Waals surface area contributed by atoms with Crippen molar-refractivity contribution in [3.8, 4) is 11.4 Å². The third-order valence-electron chi connectivity index (χ3n) is 2.43. The Labute approximate surface area is 124 Å². The molecule has 0 saturated carbocycles. The lowest BCUT2D eigenvalue weighted by Gasteiger charge is -2.06. The fourth-order valence-electron chi connectivity index (χ4n) is 1.64. The van der Waals surface area contributed by atoms with Crippen LogP contribution in [-0.2, 0) is 6.42 Å². The van der Waals surface area contributed by atoms with Crippen LogP contribution in [0.3, 0.4) is 0 Å². The van der Waals surface area contributed by atoms with Gasteiger partial charge >= 0.3 is 0 Å². The van der Waals surface area contributed by atoms with E-state index in [-0.39, 0.29) is 0 Å². The van der Waals surface area contributed by atoms with Gasteiger partial charge in [0.05, 0.1) is 5.02 Å². The fraction of sp³-hybridized carbons (Fsp3) is 0.231. The van der Waals surface area contributed by atoms with Gasteiger partial charge in [0.1, 0.15) is 5.15 Å². The summed E-state index contributed by atoms with van der Waals surface area (Å²) in [4.78, 5) is 8.72. The quantitative estimate of drug-likeness (QED) is 0.717. The summed E-state index contributed by atoms with van der Waals surface area (Å²) in [5.74, 6) is 0.573. The summed E-state index contributed by atoms with van der Waals surface area (Å²) in [5, 5.41) is 1.05. The van der Waals surface area contributed by atoms with E-state index in [0.717, 1.165) is 28.6 Å². The van der Waals surface area contributed by atoms with Crippen LogP contribution in [-0.4, -0.2) is 9.97 Å². The molecule has 0 amide bonds. The Morgan fingerprint density at radius 3 is 2.61 bits per heavy atom. The minimum Gasteiger partial charge on any atom is -0.233 e. The first kappa shape index (κ1) is 13.8. The highest BCUT2D eigenvalue weighted by Crippen LogP contribution is 2.29. The van der Waals surface area contributed by atoms with Gasteiger partial charge in [0.15, 0.2) is 5.82 Å². The van der Waals surface area contributed by atoms with Gasteiger partial charge in [-0.1, -0.05) is 52.5 Å². The van der Waals surface area contributed by atoms with Crippen LogP contribution >= 0.6 is 39.1 Å². The molecule has 0 unspecified atom stereocenters. The van der Waals surface area contributed by atoms with Crippen molar-refractivity contribution in [1.82, 2.24) is 9.97 Å². The second-order valence-electron chi connectivity index (χ2n) is 3.88. The number of aryl methyl sites for hydroxylation is 1. The molecule has 1 heterocycles. The van der Waals surface area contributed by atoms with E-state index >= 15 is 0 Å². The molecule has 0 bridgehead atoms. The smallest absolute Gasteiger partial charge is 0.162 e. The van der Waals surface area contributed by atoms with Gasteiger partial charge in [0.25, 0.3) is 0 Å². The van der Waals surface area contributed by atoms with Crippen LogP contribution in [0, 0.1) is 0 Å². The molecule has 2 nitrogen and oxygen atoms in total. The fourth-order valence-corrected chi connectivity index (χ4v) is 2.60. The lowest BCUT2D eigenvalue weighted by molar-refractivity contribution is 0.875. The molecule has 2 rings (SSSR count). The van der Waals surface area contributed by atoms with E-state index in [1.54, 1.807) is 6.07 Å². The zero-order valence-corrected chi connectivity index (χ0v) is 12.8. The van der Waals surface area contributed by atoms with E-state index < -0.39 is 0 Å². The molecule has 0 spiro atoms. The summed E-state index contributed by atoms with van der Waals surface area (Å²) >= 11 is 15.6. The highest BCUT2D eigenvalue weighted by molar-refractivity contribution is 9.10. The maximum Gasteiger partial charge on any atom is 0.162 e. The number of benzene rings is 1. The van der Waals surface area contributed by atoms with E-state index in [1.807, 2.05) is 18.2 Å². The van der Waals surface area contributed by atoms with Crippen molar-refractivity contribution in [2.45, 2.75) is 19.8 Å². The van der Waals surface area contributed by atoms with Crippen molar-refractivity contribution in [2.24, 2.45) is 0 Å². The lowest BCUT2D eigenvalue weighted by Crippen LogP contribution is -1.96. The lowest BCUT2D eigenvalue weighted by atomic mass is 10.2. The van der Waals surface area contributed by atoms with Crippen molar-refractivity contribution >= 4 is 39.1 Å². The summed E-state index contributed by atoms with van der Waals surface area (Å²) in [5.41, 5.74) is 1.73. The predicted octanol–water partition coefficient (Wildman–Crippen LogP) is 5.17. The zero-order valence-electron chi connectivity index (χ0n) is 9.75.